The first-order valence-corrected chi connectivity index (χ1v) is 6.49. The Bertz CT molecular complexity index is 356. The second-order valence-corrected chi connectivity index (χ2v) is 5.34. The highest BCUT2D eigenvalue weighted by Gasteiger charge is 2.20. The third kappa shape index (κ3) is 2.65. The molecule has 16 heavy (non-hydrogen) atoms. The molecule has 0 spiro atoms. The summed E-state index contributed by atoms with van der Waals surface area (Å²) in [6.45, 7) is 4.40. The summed E-state index contributed by atoms with van der Waals surface area (Å²) in [6, 6.07) is 7.26. The molecule has 1 aromatic rings. The molecule has 1 heteroatoms. The first kappa shape index (κ1) is 11.7. The summed E-state index contributed by atoms with van der Waals surface area (Å²) in [7, 11) is 0. The van der Waals surface area contributed by atoms with Gasteiger partial charge in [0.2, 0.25) is 0 Å². The molecule has 1 fully saturated rings. The fourth-order valence-corrected chi connectivity index (χ4v) is 2.96. The Labute approximate surface area is 99.0 Å². The molecule has 0 bridgehead atoms. The molecule has 0 aliphatic heterocycles. The molecular weight excluding hydrogens is 194 g/mol. The van der Waals surface area contributed by atoms with Crippen LogP contribution in [0.15, 0.2) is 18.2 Å². The molecule has 1 saturated carbocycles. The third-order valence-electron chi connectivity index (χ3n) is 3.83. The van der Waals surface area contributed by atoms with Crippen LogP contribution in [0.3, 0.4) is 0 Å². The lowest BCUT2D eigenvalue weighted by molar-refractivity contribution is 0.534. The number of hydrogen-bond donors (Lipinski definition) is 1. The summed E-state index contributed by atoms with van der Waals surface area (Å²) in [4.78, 5) is 0. The maximum absolute atomic E-state index is 6.14. The van der Waals surface area contributed by atoms with Crippen LogP contribution in [0.1, 0.15) is 54.7 Å². The molecule has 1 aliphatic carbocycles. The van der Waals surface area contributed by atoms with Gasteiger partial charge >= 0.3 is 0 Å². The highest BCUT2D eigenvalue weighted by atomic mass is 14.6. The summed E-state index contributed by atoms with van der Waals surface area (Å²) in [5, 5.41) is 0. The summed E-state index contributed by atoms with van der Waals surface area (Å²) in [5.74, 6) is 0.693. The van der Waals surface area contributed by atoms with E-state index in [9.17, 15) is 0 Å². The van der Waals surface area contributed by atoms with Crippen molar-refractivity contribution in [3.63, 3.8) is 0 Å². The van der Waals surface area contributed by atoms with Crippen LogP contribution in [0.5, 0.6) is 0 Å². The SMILES string of the molecule is Cc1ccc(C2CCCCC(N)C2)c(C)c1. The van der Waals surface area contributed by atoms with Gasteiger partial charge in [-0.3, -0.25) is 0 Å². The highest BCUT2D eigenvalue weighted by molar-refractivity contribution is 5.33. The molecule has 0 aromatic heterocycles. The second-order valence-electron chi connectivity index (χ2n) is 5.34. The predicted molar refractivity (Wildman–Crippen MR) is 69.7 cm³/mol. The predicted octanol–water partition coefficient (Wildman–Crippen LogP) is 3.68. The maximum Gasteiger partial charge on any atom is 0.00446 e. The van der Waals surface area contributed by atoms with Gasteiger partial charge in [0.05, 0.1) is 0 Å². The molecule has 2 N–H and O–H groups in total. The lowest BCUT2D eigenvalue weighted by atomic mass is 9.87. The van der Waals surface area contributed by atoms with Crippen molar-refractivity contribution < 1.29 is 0 Å². The number of nitrogens with two attached hydrogens (primary N) is 1. The van der Waals surface area contributed by atoms with Crippen molar-refractivity contribution in [2.45, 2.75) is 57.9 Å². The molecule has 0 saturated heterocycles. The Morgan fingerprint density at radius 3 is 2.62 bits per heavy atom. The van der Waals surface area contributed by atoms with E-state index in [-0.39, 0.29) is 0 Å². The Balaban J connectivity index is 2.21. The van der Waals surface area contributed by atoms with Gasteiger partial charge in [-0.15, -0.1) is 0 Å². The van der Waals surface area contributed by atoms with E-state index in [2.05, 4.69) is 32.0 Å². The number of aryl methyl sites for hydroxylation is 2. The molecule has 88 valence electrons. The van der Waals surface area contributed by atoms with E-state index in [4.69, 9.17) is 5.73 Å². The van der Waals surface area contributed by atoms with Crippen molar-refractivity contribution in [2.75, 3.05) is 0 Å². The van der Waals surface area contributed by atoms with Crippen molar-refractivity contribution in [2.24, 2.45) is 5.73 Å². The van der Waals surface area contributed by atoms with E-state index >= 15 is 0 Å². The molecule has 1 aliphatic rings. The van der Waals surface area contributed by atoms with Crippen LogP contribution in [-0.4, -0.2) is 6.04 Å². The second kappa shape index (κ2) is 5.01. The molecule has 1 nitrogen and oxygen atoms in total. The van der Waals surface area contributed by atoms with Crippen LogP contribution in [0.4, 0.5) is 0 Å². The zero-order valence-corrected chi connectivity index (χ0v) is 10.5. The van der Waals surface area contributed by atoms with E-state index in [1.54, 1.807) is 0 Å². The van der Waals surface area contributed by atoms with Gasteiger partial charge in [0.25, 0.3) is 0 Å². The summed E-state index contributed by atoms with van der Waals surface area (Å²) in [6.07, 6.45) is 6.34. The van der Waals surface area contributed by atoms with E-state index in [0.29, 0.717) is 12.0 Å². The Kier molecular flexibility index (Phi) is 3.65. The molecule has 0 amide bonds. The van der Waals surface area contributed by atoms with Crippen molar-refractivity contribution in [1.82, 2.24) is 0 Å². The van der Waals surface area contributed by atoms with Crippen LogP contribution in [0.2, 0.25) is 0 Å². The van der Waals surface area contributed by atoms with Crippen LogP contribution in [0, 0.1) is 13.8 Å². The van der Waals surface area contributed by atoms with Gasteiger partial charge in [0, 0.05) is 6.04 Å². The van der Waals surface area contributed by atoms with Crippen molar-refractivity contribution in [3.05, 3.63) is 34.9 Å². The third-order valence-corrected chi connectivity index (χ3v) is 3.83. The van der Waals surface area contributed by atoms with Crippen molar-refractivity contribution in [1.29, 1.82) is 0 Å². The lowest BCUT2D eigenvalue weighted by Gasteiger charge is -2.20. The summed E-state index contributed by atoms with van der Waals surface area (Å²) >= 11 is 0. The van der Waals surface area contributed by atoms with E-state index in [1.165, 1.54) is 48.8 Å². The van der Waals surface area contributed by atoms with Crippen molar-refractivity contribution in [3.8, 4) is 0 Å². The molecule has 0 heterocycles. The maximum atomic E-state index is 6.14. The highest BCUT2D eigenvalue weighted by Crippen LogP contribution is 2.33. The largest absolute Gasteiger partial charge is 0.328 e. The van der Waals surface area contributed by atoms with E-state index in [0.717, 1.165) is 0 Å². The van der Waals surface area contributed by atoms with Crippen LogP contribution < -0.4 is 5.73 Å². The summed E-state index contributed by atoms with van der Waals surface area (Å²) < 4.78 is 0. The van der Waals surface area contributed by atoms with Crippen molar-refractivity contribution >= 4 is 0 Å². The number of rotatable bonds is 1. The molecule has 2 rings (SSSR count). The minimum Gasteiger partial charge on any atom is -0.328 e. The van der Waals surface area contributed by atoms with Gasteiger partial charge in [-0.1, -0.05) is 36.6 Å². The quantitative estimate of drug-likeness (QED) is 0.713. The van der Waals surface area contributed by atoms with Gasteiger partial charge < -0.3 is 5.73 Å². The monoisotopic (exact) mass is 217 g/mol. The normalized spacial score (nSPS) is 26.4. The van der Waals surface area contributed by atoms with Gasteiger partial charge in [-0.05, 0) is 50.2 Å². The first-order valence-electron chi connectivity index (χ1n) is 6.49. The summed E-state index contributed by atoms with van der Waals surface area (Å²) in [5.41, 5.74) is 10.5. The molecule has 0 radical (unpaired) electrons. The minimum absolute atomic E-state index is 0.410. The topological polar surface area (TPSA) is 26.0 Å². The zero-order chi connectivity index (χ0) is 11.5. The number of benzene rings is 1. The molecule has 2 unspecified atom stereocenters. The lowest BCUT2D eigenvalue weighted by Crippen LogP contribution is -2.21. The van der Waals surface area contributed by atoms with Crippen LogP contribution in [0.25, 0.3) is 0 Å². The fraction of sp³-hybridized carbons (Fsp3) is 0.600. The fourth-order valence-electron chi connectivity index (χ4n) is 2.96. The van der Waals surface area contributed by atoms with Crippen LogP contribution >= 0.6 is 0 Å². The number of hydrogen-bond acceptors (Lipinski definition) is 1. The minimum atomic E-state index is 0.410. The van der Waals surface area contributed by atoms with E-state index in [1.807, 2.05) is 0 Å². The Hall–Kier alpha value is -0.820. The average Bonchev–Trinajstić information content (AvgIpc) is 2.43. The van der Waals surface area contributed by atoms with Gasteiger partial charge in [0.1, 0.15) is 0 Å². The van der Waals surface area contributed by atoms with Gasteiger partial charge in [0.15, 0.2) is 0 Å². The van der Waals surface area contributed by atoms with E-state index < -0.39 is 0 Å². The van der Waals surface area contributed by atoms with Crippen LogP contribution in [-0.2, 0) is 0 Å². The van der Waals surface area contributed by atoms with Gasteiger partial charge in [-0.25, -0.2) is 0 Å². The smallest absolute Gasteiger partial charge is 0.00446 e. The Morgan fingerprint density at radius 1 is 1.12 bits per heavy atom. The zero-order valence-electron chi connectivity index (χ0n) is 10.5. The van der Waals surface area contributed by atoms with Gasteiger partial charge in [-0.2, -0.15) is 0 Å². The average molecular weight is 217 g/mol. The standard InChI is InChI=1S/C15H23N/c1-11-7-8-15(12(2)9-11)13-5-3-4-6-14(16)10-13/h7-9,13-14H,3-6,10,16H2,1-2H3. The molecule has 1 aromatic carbocycles. The first-order chi connectivity index (χ1) is 7.66. The molecule has 2 atom stereocenters. The molecular formula is C15H23N. The Morgan fingerprint density at radius 2 is 1.88 bits per heavy atom.